The lowest BCUT2D eigenvalue weighted by molar-refractivity contribution is -0.149. The van der Waals surface area contributed by atoms with Gasteiger partial charge in [-0.2, -0.15) is 0 Å². The molecule has 0 radical (unpaired) electrons. The van der Waals surface area contributed by atoms with Crippen LogP contribution >= 0.6 is 0 Å². The Kier molecular flexibility index (Phi) is 12.1. The molecule has 59 heavy (non-hydrogen) atoms. The van der Waals surface area contributed by atoms with Crippen molar-refractivity contribution in [1.29, 1.82) is 0 Å². The minimum atomic E-state index is -3.14. The van der Waals surface area contributed by atoms with Crippen molar-refractivity contribution < 1.29 is 33.8 Å². The van der Waals surface area contributed by atoms with Crippen molar-refractivity contribution in [2.24, 2.45) is 5.92 Å². The van der Waals surface area contributed by atoms with Gasteiger partial charge in [-0.1, -0.05) is 84.8 Å². The van der Waals surface area contributed by atoms with E-state index in [9.17, 15) is 19.5 Å². The maximum absolute atomic E-state index is 15.3. The first kappa shape index (κ1) is 41.8. The molecular formula is C48H55N3O7Si. The molecule has 3 aliphatic rings. The number of nitrogens with zero attached hydrogens (tertiary/aromatic N) is 3. The van der Waals surface area contributed by atoms with E-state index in [-0.39, 0.29) is 37.3 Å². The molecule has 2 N–H and O–H groups in total. The largest absolute Gasteiger partial charge is 0.454 e. The number of aliphatic hydroxyl groups is 1. The van der Waals surface area contributed by atoms with E-state index in [0.29, 0.717) is 52.8 Å². The fraction of sp³-hybridized carbons (Fsp3) is 0.354. The second-order valence-corrected chi connectivity index (χ2v) is 20.8. The maximum atomic E-state index is 15.3. The molecule has 0 aromatic heterocycles. The summed E-state index contributed by atoms with van der Waals surface area (Å²) in [7, 11) is -3.14. The van der Waals surface area contributed by atoms with Crippen LogP contribution in [-0.4, -0.2) is 66.6 Å². The van der Waals surface area contributed by atoms with E-state index in [4.69, 9.17) is 9.47 Å². The van der Waals surface area contributed by atoms with Gasteiger partial charge in [-0.25, -0.2) is 0 Å². The number of carbonyl (C=O) groups excluding carboxylic acids is 3. The zero-order chi connectivity index (χ0) is 42.1. The average molecular weight is 814 g/mol. The monoisotopic (exact) mass is 813 g/mol. The molecule has 0 aliphatic carbocycles. The molecule has 3 aliphatic heterocycles. The molecule has 3 amide bonds. The Morgan fingerprint density at radius 1 is 0.898 bits per heavy atom. The van der Waals surface area contributed by atoms with Crippen LogP contribution in [0.15, 0.2) is 120 Å². The summed E-state index contributed by atoms with van der Waals surface area (Å²) in [4.78, 5) is 61.1. The molecule has 1 fully saturated rings. The van der Waals surface area contributed by atoms with Crippen molar-refractivity contribution in [3.05, 3.63) is 137 Å². The van der Waals surface area contributed by atoms with Crippen LogP contribution in [0.4, 0.5) is 17.1 Å². The molecule has 7 rings (SSSR count). The number of amides is 3. The first-order chi connectivity index (χ1) is 28.2. The molecule has 4 aromatic rings. The number of hydrogen-bond acceptors (Lipinski definition) is 7. The second kappa shape index (κ2) is 17.1. The smallest absolute Gasteiger partial charge is 0.266 e. The van der Waals surface area contributed by atoms with Crippen molar-refractivity contribution in [2.45, 2.75) is 83.8 Å². The quantitative estimate of drug-likeness (QED) is 0.102. The first-order valence-electron chi connectivity index (χ1n) is 20.5. The Labute approximate surface area is 348 Å². The van der Waals surface area contributed by atoms with E-state index in [1.807, 2.05) is 98.9 Å². The van der Waals surface area contributed by atoms with Crippen LogP contribution in [0, 0.1) is 5.92 Å². The molecule has 0 saturated carbocycles. The molecule has 4 atom stereocenters. The van der Waals surface area contributed by atoms with Crippen LogP contribution in [0.2, 0.25) is 18.6 Å². The number of allylic oxidation sites excluding steroid dienone is 3. The highest BCUT2D eigenvalue weighted by molar-refractivity contribution is 6.71. The fourth-order valence-electron chi connectivity index (χ4n) is 9.11. The van der Waals surface area contributed by atoms with E-state index in [1.165, 1.54) is 5.57 Å². The molecular weight excluding hydrogens is 759 g/mol. The Balaban J connectivity index is 1.33. The number of ether oxygens (including phenoxy) is 2. The topological polar surface area (TPSA) is 120 Å². The van der Waals surface area contributed by atoms with Crippen molar-refractivity contribution >= 4 is 43.1 Å². The summed E-state index contributed by atoms with van der Waals surface area (Å²) in [5.41, 5.74) is 3.94. The molecule has 10 nitrogen and oxygen atoms in total. The summed E-state index contributed by atoms with van der Waals surface area (Å²) in [6, 6.07) is 29.7. The Hall–Kier alpha value is -5.33. The molecule has 0 bridgehead atoms. The Morgan fingerprint density at radius 3 is 2.31 bits per heavy atom. The summed E-state index contributed by atoms with van der Waals surface area (Å²) in [6.45, 7) is 12.4. The lowest BCUT2D eigenvalue weighted by Gasteiger charge is -2.33. The van der Waals surface area contributed by atoms with Gasteiger partial charge >= 0.3 is 0 Å². The standard InChI is InChI=1S/C48H55N3O7Si/c1-32(2)15-14-16-33(3)25-26-50-39-24-23-36(51-40-20-11-13-22-42(40)57-41-21-12-10-19-37(41)46(51)54)29-38(39)48(47(50)55)34(4)45(59(5,6)56)43(58-48)30-44(53)49(27-28-52)31-35-17-8-7-9-18-35/h7-13,15,17-25,29,34,43,45,52,56H,14,16,26-28,30-31H2,1-6H3/b33-25+/t34-,43+,45-,48+/m1/s1. The van der Waals surface area contributed by atoms with Gasteiger partial charge in [0.05, 0.1) is 36.1 Å². The number of anilines is 3. The van der Waals surface area contributed by atoms with Crippen LogP contribution in [0.5, 0.6) is 11.5 Å². The van der Waals surface area contributed by atoms with E-state index in [2.05, 4.69) is 32.9 Å². The van der Waals surface area contributed by atoms with E-state index in [0.717, 1.165) is 24.0 Å². The molecule has 308 valence electrons. The summed E-state index contributed by atoms with van der Waals surface area (Å²) in [5.74, 6) is -0.388. The SMILES string of the molecule is CC(C)=CCC/C(C)=C/CN1C(=O)[C@@]2(O[C@@H](CC(=O)N(CCO)Cc3ccccc3)[C@H]([Si](C)(C)O)[C@H]2C)c2cc(N3C(=O)c4ccccc4Oc4ccccc43)ccc21. The number of para-hydroxylation sites is 3. The third-order valence-electron chi connectivity index (χ3n) is 11.9. The van der Waals surface area contributed by atoms with Gasteiger partial charge in [-0.3, -0.25) is 19.3 Å². The summed E-state index contributed by atoms with van der Waals surface area (Å²) in [5, 5.41) is 9.98. The lowest BCUT2D eigenvalue weighted by atomic mass is 9.82. The molecule has 3 heterocycles. The minimum absolute atomic E-state index is 0.0850. The molecule has 1 spiro atoms. The number of fused-ring (bicyclic) bond motifs is 4. The second-order valence-electron chi connectivity index (χ2n) is 16.8. The van der Waals surface area contributed by atoms with Gasteiger partial charge in [-0.15, -0.1) is 0 Å². The van der Waals surface area contributed by atoms with Gasteiger partial charge < -0.3 is 29.2 Å². The van der Waals surface area contributed by atoms with Gasteiger partial charge in [0.1, 0.15) is 5.75 Å². The highest BCUT2D eigenvalue weighted by Crippen LogP contribution is 2.60. The molecule has 4 aromatic carbocycles. The fourth-order valence-corrected chi connectivity index (χ4v) is 11.7. The van der Waals surface area contributed by atoms with Crippen molar-refractivity contribution in [3.8, 4) is 11.5 Å². The molecule has 11 heteroatoms. The first-order valence-corrected chi connectivity index (χ1v) is 23.6. The van der Waals surface area contributed by atoms with Crippen molar-refractivity contribution in [2.75, 3.05) is 29.5 Å². The van der Waals surface area contributed by atoms with E-state index >= 15 is 4.79 Å². The summed E-state index contributed by atoms with van der Waals surface area (Å²) >= 11 is 0. The number of hydrogen-bond donors (Lipinski definition) is 2. The number of rotatable bonds is 13. The Morgan fingerprint density at radius 2 is 1.59 bits per heavy atom. The lowest BCUT2D eigenvalue weighted by Crippen LogP contribution is -2.46. The predicted molar refractivity (Wildman–Crippen MR) is 233 cm³/mol. The van der Waals surface area contributed by atoms with Crippen LogP contribution in [0.3, 0.4) is 0 Å². The highest BCUT2D eigenvalue weighted by atomic mass is 28.4. The van der Waals surface area contributed by atoms with Crippen molar-refractivity contribution in [3.63, 3.8) is 0 Å². The third-order valence-corrected chi connectivity index (χ3v) is 14.4. The Bertz CT molecular complexity index is 2280. The molecule has 1 saturated heterocycles. The average Bonchev–Trinajstić information content (AvgIpc) is 3.58. The van der Waals surface area contributed by atoms with Gasteiger partial charge in [0.25, 0.3) is 11.8 Å². The summed E-state index contributed by atoms with van der Waals surface area (Å²) in [6.07, 6.45) is 5.14. The van der Waals surface area contributed by atoms with Gasteiger partial charge in [0.15, 0.2) is 19.7 Å². The zero-order valence-corrected chi connectivity index (χ0v) is 35.9. The summed E-state index contributed by atoms with van der Waals surface area (Å²) < 4.78 is 13.4. The zero-order valence-electron chi connectivity index (χ0n) is 34.9. The predicted octanol–water partition coefficient (Wildman–Crippen LogP) is 9.02. The van der Waals surface area contributed by atoms with Crippen LogP contribution in [0.1, 0.15) is 68.4 Å². The van der Waals surface area contributed by atoms with Crippen LogP contribution in [0.25, 0.3) is 0 Å². The number of benzene rings is 4. The van der Waals surface area contributed by atoms with E-state index < -0.39 is 31.5 Å². The van der Waals surface area contributed by atoms with E-state index in [1.54, 1.807) is 32.9 Å². The van der Waals surface area contributed by atoms with Gasteiger partial charge in [0.2, 0.25) is 5.91 Å². The minimum Gasteiger partial charge on any atom is -0.454 e. The van der Waals surface area contributed by atoms with Gasteiger partial charge in [0, 0.05) is 42.3 Å². The molecule has 0 unspecified atom stereocenters. The van der Waals surface area contributed by atoms with Crippen molar-refractivity contribution in [1.82, 2.24) is 4.90 Å². The number of carbonyl (C=O) groups is 3. The van der Waals surface area contributed by atoms with Crippen LogP contribution < -0.4 is 14.5 Å². The third kappa shape index (κ3) is 8.17. The van der Waals surface area contributed by atoms with Gasteiger partial charge in [-0.05, 0) is 94.7 Å². The highest BCUT2D eigenvalue weighted by Gasteiger charge is 2.66. The van der Waals surface area contributed by atoms with Crippen LogP contribution in [-0.2, 0) is 26.5 Å². The normalized spacial score (nSPS) is 21.2. The maximum Gasteiger partial charge on any atom is 0.266 e. The number of aliphatic hydroxyl groups excluding tert-OH is 1.